The van der Waals surface area contributed by atoms with E-state index in [1.165, 1.54) is 5.56 Å². The molecule has 4 rings (SSSR count). The van der Waals surface area contributed by atoms with Crippen LogP contribution in [0.1, 0.15) is 24.8 Å². The molecule has 1 aromatic carbocycles. The van der Waals surface area contributed by atoms with Crippen molar-refractivity contribution in [3.8, 4) is 11.5 Å². The van der Waals surface area contributed by atoms with E-state index in [2.05, 4.69) is 22.0 Å². The topological polar surface area (TPSA) is 43.8 Å². The first-order valence-electron chi connectivity index (χ1n) is 9.31. The molecule has 2 aliphatic heterocycles. The van der Waals surface area contributed by atoms with Crippen molar-refractivity contribution in [3.05, 3.63) is 54.4 Å². The van der Waals surface area contributed by atoms with E-state index in [1.807, 2.05) is 24.3 Å². The molecule has 2 saturated heterocycles. The van der Waals surface area contributed by atoms with Gasteiger partial charge in [-0.3, -0.25) is 9.88 Å². The summed E-state index contributed by atoms with van der Waals surface area (Å²) in [5.74, 6) is 1.72. The predicted molar refractivity (Wildman–Crippen MR) is 99.5 cm³/mol. The number of pyridine rings is 1. The molecule has 0 amide bonds. The highest BCUT2D eigenvalue weighted by Gasteiger charge is 2.44. The molecule has 0 N–H and O–H groups in total. The number of ether oxygens (including phenoxy) is 3. The number of likely N-dealkylation sites (tertiary alicyclic amines) is 1. The third-order valence-corrected chi connectivity index (χ3v) is 5.30. The number of benzene rings is 1. The summed E-state index contributed by atoms with van der Waals surface area (Å²) in [5, 5.41) is 0. The minimum atomic E-state index is -0.0718. The van der Waals surface area contributed by atoms with Crippen molar-refractivity contribution in [2.24, 2.45) is 0 Å². The van der Waals surface area contributed by atoms with Gasteiger partial charge in [0.2, 0.25) is 0 Å². The molecule has 3 heterocycles. The van der Waals surface area contributed by atoms with Crippen molar-refractivity contribution in [3.63, 3.8) is 0 Å². The Hall–Kier alpha value is -2.11. The molecule has 2 aliphatic rings. The molecule has 26 heavy (non-hydrogen) atoms. The maximum absolute atomic E-state index is 6.26. The monoisotopic (exact) mass is 354 g/mol. The number of rotatable bonds is 5. The van der Waals surface area contributed by atoms with Crippen LogP contribution in [0.5, 0.6) is 11.5 Å². The van der Waals surface area contributed by atoms with Gasteiger partial charge in [-0.2, -0.15) is 0 Å². The SMILES string of the molecule is COc1ccc(CN2CCC[C@]3(C[C@@H](Oc4cccnc4)CO3)C2)cc1. The summed E-state index contributed by atoms with van der Waals surface area (Å²) in [5.41, 5.74) is 1.24. The molecule has 2 fully saturated rings. The first-order chi connectivity index (χ1) is 12.7. The van der Waals surface area contributed by atoms with Crippen LogP contribution in [-0.2, 0) is 11.3 Å². The lowest BCUT2D eigenvalue weighted by atomic mass is 9.89. The van der Waals surface area contributed by atoms with Crippen molar-refractivity contribution >= 4 is 0 Å². The number of aromatic nitrogens is 1. The van der Waals surface area contributed by atoms with E-state index in [-0.39, 0.29) is 11.7 Å². The van der Waals surface area contributed by atoms with Gasteiger partial charge in [-0.25, -0.2) is 0 Å². The zero-order chi connectivity index (χ0) is 17.8. The summed E-state index contributed by atoms with van der Waals surface area (Å²) >= 11 is 0. The van der Waals surface area contributed by atoms with Crippen LogP contribution < -0.4 is 9.47 Å². The lowest BCUT2D eigenvalue weighted by Gasteiger charge is -2.39. The maximum atomic E-state index is 6.26. The van der Waals surface area contributed by atoms with Crippen LogP contribution in [0.2, 0.25) is 0 Å². The molecule has 0 aliphatic carbocycles. The lowest BCUT2D eigenvalue weighted by Crippen LogP contribution is -2.47. The number of piperidine rings is 1. The number of hydrogen-bond acceptors (Lipinski definition) is 5. The molecule has 2 aromatic rings. The van der Waals surface area contributed by atoms with Gasteiger partial charge in [0.25, 0.3) is 0 Å². The Kier molecular flexibility index (Phi) is 5.09. The van der Waals surface area contributed by atoms with Gasteiger partial charge in [0, 0.05) is 25.7 Å². The number of hydrogen-bond donors (Lipinski definition) is 0. The third kappa shape index (κ3) is 4.00. The van der Waals surface area contributed by atoms with Crippen LogP contribution in [0, 0.1) is 0 Å². The highest BCUT2D eigenvalue weighted by atomic mass is 16.6. The van der Waals surface area contributed by atoms with Gasteiger partial charge in [0.05, 0.1) is 25.5 Å². The van der Waals surface area contributed by atoms with Gasteiger partial charge >= 0.3 is 0 Å². The summed E-state index contributed by atoms with van der Waals surface area (Å²) in [6.45, 7) is 3.69. The molecule has 0 bridgehead atoms. The minimum Gasteiger partial charge on any atom is -0.497 e. The van der Waals surface area contributed by atoms with Crippen molar-refractivity contribution in [1.29, 1.82) is 0 Å². The van der Waals surface area contributed by atoms with Gasteiger partial charge in [0.1, 0.15) is 17.6 Å². The summed E-state index contributed by atoms with van der Waals surface area (Å²) in [7, 11) is 1.70. The summed E-state index contributed by atoms with van der Waals surface area (Å²) in [6.07, 6.45) is 6.86. The van der Waals surface area contributed by atoms with Gasteiger partial charge in [-0.05, 0) is 49.2 Å². The Balaban J connectivity index is 1.35. The maximum Gasteiger partial charge on any atom is 0.138 e. The van der Waals surface area contributed by atoms with E-state index in [4.69, 9.17) is 14.2 Å². The number of nitrogens with zero attached hydrogens (tertiary/aromatic N) is 2. The molecule has 1 aromatic heterocycles. The number of methoxy groups -OCH3 is 1. The zero-order valence-corrected chi connectivity index (χ0v) is 15.3. The van der Waals surface area contributed by atoms with Crippen LogP contribution in [0.4, 0.5) is 0 Å². The van der Waals surface area contributed by atoms with Crippen LogP contribution in [0.15, 0.2) is 48.8 Å². The normalized spacial score (nSPS) is 26.1. The molecule has 0 unspecified atom stereocenters. The summed E-state index contributed by atoms with van der Waals surface area (Å²) < 4.78 is 17.6. The molecule has 138 valence electrons. The highest BCUT2D eigenvalue weighted by Crippen LogP contribution is 2.36. The van der Waals surface area contributed by atoms with Gasteiger partial charge in [-0.1, -0.05) is 12.1 Å². The van der Waals surface area contributed by atoms with Crippen molar-refractivity contribution in [2.45, 2.75) is 37.5 Å². The van der Waals surface area contributed by atoms with Gasteiger partial charge < -0.3 is 14.2 Å². The Morgan fingerprint density at radius 2 is 2.12 bits per heavy atom. The molecule has 5 nitrogen and oxygen atoms in total. The van der Waals surface area contributed by atoms with Gasteiger partial charge in [-0.15, -0.1) is 0 Å². The fraction of sp³-hybridized carbons (Fsp3) is 0.476. The second-order valence-corrected chi connectivity index (χ2v) is 7.29. The van der Waals surface area contributed by atoms with Crippen LogP contribution >= 0.6 is 0 Å². The van der Waals surface area contributed by atoms with Crippen LogP contribution in [-0.4, -0.2) is 48.4 Å². The fourth-order valence-corrected chi connectivity index (χ4v) is 4.09. The molecular weight excluding hydrogens is 328 g/mol. The first kappa shape index (κ1) is 17.3. The van der Waals surface area contributed by atoms with Crippen molar-refractivity contribution in [1.82, 2.24) is 9.88 Å². The Bertz CT molecular complexity index is 707. The fourth-order valence-electron chi connectivity index (χ4n) is 4.09. The van der Waals surface area contributed by atoms with E-state index in [0.717, 1.165) is 50.4 Å². The Labute approximate surface area is 154 Å². The Morgan fingerprint density at radius 3 is 2.88 bits per heavy atom. The van der Waals surface area contributed by atoms with E-state index < -0.39 is 0 Å². The highest BCUT2D eigenvalue weighted by molar-refractivity contribution is 5.27. The molecule has 5 heteroatoms. The molecular formula is C21H26N2O3. The smallest absolute Gasteiger partial charge is 0.138 e. The first-order valence-corrected chi connectivity index (χ1v) is 9.31. The van der Waals surface area contributed by atoms with E-state index >= 15 is 0 Å². The van der Waals surface area contributed by atoms with E-state index in [0.29, 0.717) is 6.61 Å². The minimum absolute atomic E-state index is 0.0718. The molecule has 2 atom stereocenters. The zero-order valence-electron chi connectivity index (χ0n) is 15.3. The quantitative estimate of drug-likeness (QED) is 0.824. The molecule has 1 spiro atoms. The predicted octanol–water partition coefficient (Wildman–Crippen LogP) is 3.29. The Morgan fingerprint density at radius 1 is 1.23 bits per heavy atom. The third-order valence-electron chi connectivity index (χ3n) is 5.30. The lowest BCUT2D eigenvalue weighted by molar-refractivity contribution is -0.0538. The second-order valence-electron chi connectivity index (χ2n) is 7.29. The largest absolute Gasteiger partial charge is 0.497 e. The summed E-state index contributed by atoms with van der Waals surface area (Å²) in [4.78, 5) is 6.62. The standard InChI is InChI=1S/C21H26N2O3/c1-24-18-7-5-17(6-8-18)14-23-11-3-9-21(16-23)12-20(15-25-21)26-19-4-2-10-22-13-19/h2,4-8,10,13,20H,3,9,11-12,14-16H2,1H3/t20-,21+/m1/s1. The van der Waals surface area contributed by atoms with Crippen molar-refractivity contribution < 1.29 is 14.2 Å². The average molecular weight is 354 g/mol. The van der Waals surface area contributed by atoms with Gasteiger partial charge in [0.15, 0.2) is 0 Å². The van der Waals surface area contributed by atoms with Crippen LogP contribution in [0.3, 0.4) is 0 Å². The van der Waals surface area contributed by atoms with Crippen molar-refractivity contribution in [2.75, 3.05) is 26.8 Å². The van der Waals surface area contributed by atoms with E-state index in [9.17, 15) is 0 Å². The summed E-state index contributed by atoms with van der Waals surface area (Å²) in [6, 6.07) is 12.2. The average Bonchev–Trinajstić information content (AvgIpc) is 3.05. The second kappa shape index (κ2) is 7.64. The van der Waals surface area contributed by atoms with E-state index in [1.54, 1.807) is 19.5 Å². The molecule has 0 saturated carbocycles. The van der Waals surface area contributed by atoms with Crippen LogP contribution in [0.25, 0.3) is 0 Å². The molecule has 0 radical (unpaired) electrons.